The molecule has 0 unspecified atom stereocenters. The summed E-state index contributed by atoms with van der Waals surface area (Å²) in [6, 6.07) is 10.4. The van der Waals surface area contributed by atoms with Gasteiger partial charge in [0, 0.05) is 74.9 Å². The van der Waals surface area contributed by atoms with Gasteiger partial charge in [0.2, 0.25) is 0 Å². The van der Waals surface area contributed by atoms with E-state index in [-0.39, 0.29) is 50.1 Å². The van der Waals surface area contributed by atoms with E-state index in [1.54, 1.807) is 36.4 Å². The molecule has 0 atom stereocenters. The van der Waals surface area contributed by atoms with E-state index in [9.17, 15) is 19.2 Å². The van der Waals surface area contributed by atoms with Gasteiger partial charge in [-0.05, 0) is 98.9 Å². The van der Waals surface area contributed by atoms with Crippen molar-refractivity contribution in [2.45, 2.75) is 257 Å². The van der Waals surface area contributed by atoms with Crippen molar-refractivity contribution < 1.29 is 115 Å². The summed E-state index contributed by atoms with van der Waals surface area (Å²) in [5, 5.41) is 47.6. The van der Waals surface area contributed by atoms with E-state index >= 15 is 0 Å². The van der Waals surface area contributed by atoms with E-state index in [0.29, 0.717) is 245 Å². The van der Waals surface area contributed by atoms with Crippen LogP contribution in [-0.4, -0.2) is 308 Å². The molecule has 2 rings (SSSR count). The molecule has 28 heteroatoms. The SMILES string of the molecule is O=C(NCCCCCCCCCCCCOCCOCCOCCOCCO)c1cc(C(=O)NCCCCCCCCCCCCOCCOCCOCCOCCO)cc(-c2cc(C(=O)NCCCCCCCCCCCCOCCOCCOCCOCCO)cc(C(=O)NCCCCCCCCCCCCOCCOCCOCCOCCO)c2)c1. The molecule has 2 aromatic rings. The monoisotopic (exact) mass is 1770 g/mol. The highest BCUT2D eigenvalue weighted by atomic mass is 16.6. The lowest BCUT2D eigenvalue weighted by Crippen LogP contribution is -2.27. The van der Waals surface area contributed by atoms with Gasteiger partial charge >= 0.3 is 0 Å². The number of benzene rings is 2. The number of amides is 4. The zero-order chi connectivity index (χ0) is 88.7. The molecule has 8 N–H and O–H groups in total. The normalized spacial score (nSPS) is 11.5. The van der Waals surface area contributed by atoms with Crippen molar-refractivity contribution in [2.24, 2.45) is 0 Å². The number of carbonyl (C=O) groups excluding carboxylic acids is 4. The van der Waals surface area contributed by atoms with Crippen LogP contribution in [0.25, 0.3) is 11.1 Å². The predicted molar refractivity (Wildman–Crippen MR) is 487 cm³/mol. The van der Waals surface area contributed by atoms with Gasteiger partial charge in [-0.3, -0.25) is 19.2 Å². The van der Waals surface area contributed by atoms with Gasteiger partial charge in [-0.2, -0.15) is 0 Å². The van der Waals surface area contributed by atoms with E-state index in [2.05, 4.69) is 21.3 Å². The Kier molecular flexibility index (Phi) is 88.2. The summed E-state index contributed by atoms with van der Waals surface area (Å²) in [5.74, 6) is -1.14. The topological polar surface area (TPSA) is 345 Å². The van der Waals surface area contributed by atoms with Gasteiger partial charge in [-0.25, -0.2) is 0 Å². The summed E-state index contributed by atoms with van der Waals surface area (Å²) in [7, 11) is 0. The van der Waals surface area contributed by atoms with Crippen LogP contribution in [-0.2, 0) is 75.8 Å². The lowest BCUT2D eigenvalue weighted by molar-refractivity contribution is -0.00577. The molecule has 0 saturated heterocycles. The molecule has 0 heterocycles. The summed E-state index contributed by atoms with van der Waals surface area (Å²) >= 11 is 0. The van der Waals surface area contributed by atoms with Crippen molar-refractivity contribution in [3.63, 3.8) is 0 Å². The Morgan fingerprint density at radius 1 is 0.161 bits per heavy atom. The molecular weight excluding hydrogens is 1590 g/mol. The molecule has 0 aromatic heterocycles. The first-order chi connectivity index (χ1) is 61.3. The Balaban J connectivity index is 2.02. The Hall–Kier alpha value is -4.48. The molecule has 0 fully saturated rings. The molecule has 0 aliphatic heterocycles. The predicted octanol–water partition coefficient (Wildman–Crippen LogP) is 14.1. The van der Waals surface area contributed by atoms with Crippen molar-refractivity contribution in [1.29, 1.82) is 0 Å². The first-order valence-electron chi connectivity index (χ1n) is 48.4. The van der Waals surface area contributed by atoms with Gasteiger partial charge in [-0.15, -0.1) is 0 Å². The van der Waals surface area contributed by atoms with Crippen LogP contribution in [0.3, 0.4) is 0 Å². The van der Waals surface area contributed by atoms with Gasteiger partial charge in [0.25, 0.3) is 23.6 Å². The third-order valence-corrected chi connectivity index (χ3v) is 20.7. The second-order valence-corrected chi connectivity index (χ2v) is 31.5. The van der Waals surface area contributed by atoms with E-state index in [1.807, 2.05) is 0 Å². The quantitative estimate of drug-likeness (QED) is 0.0285. The average molecular weight is 1770 g/mol. The maximum atomic E-state index is 14.3. The Morgan fingerprint density at radius 3 is 0.427 bits per heavy atom. The zero-order valence-electron chi connectivity index (χ0n) is 77.0. The molecule has 0 radical (unpaired) electrons. The molecule has 722 valence electrons. The molecule has 0 aliphatic carbocycles. The number of aliphatic hydroxyl groups is 4. The molecular formula is C96H174N4O24. The molecule has 2 aromatic carbocycles. The molecule has 4 amide bonds. The Bertz CT molecular complexity index is 2300. The van der Waals surface area contributed by atoms with Crippen LogP contribution in [0, 0.1) is 0 Å². The first kappa shape index (κ1) is 116. The number of rotatable bonds is 101. The maximum Gasteiger partial charge on any atom is 0.251 e. The minimum atomic E-state index is -0.285. The highest BCUT2D eigenvalue weighted by Crippen LogP contribution is 2.27. The first-order valence-corrected chi connectivity index (χ1v) is 48.4. The summed E-state index contributed by atoms with van der Waals surface area (Å²) in [4.78, 5) is 57.0. The largest absolute Gasteiger partial charge is 0.394 e. The summed E-state index contributed by atoms with van der Waals surface area (Å²) in [6.45, 7) is 18.6. The molecule has 0 spiro atoms. The lowest BCUT2D eigenvalue weighted by Gasteiger charge is -2.14. The standard InChI is InChI=1S/C96H174N4O24/c101-45-53-113-61-69-121-77-73-117-65-57-109-49-37-29-21-13-5-1-9-17-25-33-41-97-93(105)89-81-87(82-90(85-89)94(106)98-42-34-26-18-10-2-6-14-22-30-38-50-110-58-66-118-74-78-122-70-62-114-54-46-102)88-83-91(95(107)99-43-35-27-19-11-3-7-15-23-31-39-51-111-59-67-119-75-79-123-71-63-115-55-47-103)86-92(84-88)96(108)100-44-36-28-20-12-4-8-16-24-32-40-52-112-60-68-120-76-80-124-72-64-116-56-48-104/h81-86,101-104H,1-80H2,(H,97,105)(H,98,106)(H,99,107)(H,100,108). The third kappa shape index (κ3) is 77.5. The van der Waals surface area contributed by atoms with Crippen LogP contribution >= 0.6 is 0 Å². The second-order valence-electron chi connectivity index (χ2n) is 31.5. The second kappa shape index (κ2) is 94.6. The van der Waals surface area contributed by atoms with Crippen LogP contribution in [0.2, 0.25) is 0 Å². The van der Waals surface area contributed by atoms with Crippen LogP contribution in [0.15, 0.2) is 36.4 Å². The van der Waals surface area contributed by atoms with Crippen LogP contribution in [0.5, 0.6) is 0 Å². The van der Waals surface area contributed by atoms with E-state index < -0.39 is 0 Å². The summed E-state index contributed by atoms with van der Waals surface area (Å²) in [6.07, 6.45) is 44.0. The van der Waals surface area contributed by atoms with Crippen molar-refractivity contribution in [1.82, 2.24) is 21.3 Å². The van der Waals surface area contributed by atoms with Crippen molar-refractivity contribution in [3.8, 4) is 11.1 Å². The van der Waals surface area contributed by atoms with Crippen LogP contribution < -0.4 is 21.3 Å². The fourth-order valence-corrected chi connectivity index (χ4v) is 13.6. The number of unbranched alkanes of at least 4 members (excludes halogenated alkanes) is 36. The molecule has 0 aliphatic rings. The van der Waals surface area contributed by atoms with Gasteiger partial charge in [0.15, 0.2) is 0 Å². The van der Waals surface area contributed by atoms with Gasteiger partial charge < -0.3 is 117 Å². The maximum absolute atomic E-state index is 14.3. The van der Waals surface area contributed by atoms with Gasteiger partial charge in [-0.1, -0.05) is 205 Å². The van der Waals surface area contributed by atoms with Crippen LogP contribution in [0.4, 0.5) is 0 Å². The van der Waals surface area contributed by atoms with E-state index in [4.69, 9.17) is 96.2 Å². The van der Waals surface area contributed by atoms with Crippen LogP contribution in [0.1, 0.15) is 298 Å². The number of ether oxygens (including phenoxy) is 16. The van der Waals surface area contributed by atoms with E-state index in [0.717, 1.165) is 181 Å². The fraction of sp³-hybridized carbons (Fsp3) is 0.833. The summed E-state index contributed by atoms with van der Waals surface area (Å²) < 4.78 is 87.7. The van der Waals surface area contributed by atoms with Crippen molar-refractivity contribution in [2.75, 3.05) is 264 Å². The fourth-order valence-electron chi connectivity index (χ4n) is 13.6. The Morgan fingerprint density at radius 2 is 0.282 bits per heavy atom. The van der Waals surface area contributed by atoms with Crippen molar-refractivity contribution in [3.05, 3.63) is 58.7 Å². The van der Waals surface area contributed by atoms with Crippen molar-refractivity contribution >= 4 is 23.6 Å². The number of hydrogen-bond donors (Lipinski definition) is 8. The minimum Gasteiger partial charge on any atom is -0.394 e. The average Bonchev–Trinajstić information content (AvgIpc) is 0.797. The molecule has 124 heavy (non-hydrogen) atoms. The molecule has 0 saturated carbocycles. The highest BCUT2D eigenvalue weighted by molar-refractivity contribution is 6.04. The smallest absolute Gasteiger partial charge is 0.251 e. The minimum absolute atomic E-state index is 0.0127. The number of hydrogen-bond acceptors (Lipinski definition) is 24. The molecule has 28 nitrogen and oxygen atoms in total. The highest BCUT2D eigenvalue weighted by Gasteiger charge is 2.19. The van der Waals surface area contributed by atoms with E-state index in [1.165, 1.54) is 103 Å². The lowest BCUT2D eigenvalue weighted by atomic mass is 9.95. The summed E-state index contributed by atoms with van der Waals surface area (Å²) in [5.41, 5.74) is 2.46. The zero-order valence-corrected chi connectivity index (χ0v) is 77.0. The third-order valence-electron chi connectivity index (χ3n) is 20.7. The van der Waals surface area contributed by atoms with Gasteiger partial charge in [0.1, 0.15) is 0 Å². The number of aliphatic hydroxyl groups excluding tert-OH is 4. The molecule has 0 bridgehead atoms. The van der Waals surface area contributed by atoms with Gasteiger partial charge in [0.05, 0.1) is 211 Å². The number of nitrogens with one attached hydrogen (secondary N) is 4. The number of carbonyl (C=O) groups is 4. The Labute approximate surface area is 747 Å².